The van der Waals surface area contributed by atoms with Crippen LogP contribution < -0.4 is 9.47 Å². The molecule has 0 aromatic heterocycles. The summed E-state index contributed by atoms with van der Waals surface area (Å²) in [6, 6.07) is 27.6. The number of carbonyl (C=O) groups is 2. The largest absolute Gasteiger partial charge is 0.423 e. The Morgan fingerprint density at radius 3 is 1.22 bits per heavy atom. The Kier molecular flexibility index (Phi) is 17.0. The van der Waals surface area contributed by atoms with E-state index in [0.717, 1.165) is 59.1 Å². The summed E-state index contributed by atoms with van der Waals surface area (Å²) in [5, 5.41) is 18.4. The number of esters is 2. The highest BCUT2D eigenvalue weighted by Gasteiger charge is 2.12. The Balaban J connectivity index is 1.62. The third-order valence-corrected chi connectivity index (χ3v) is 9.40. The molecular formula is C48H54O6. The second-order valence-corrected chi connectivity index (χ2v) is 13.7. The van der Waals surface area contributed by atoms with Gasteiger partial charge < -0.3 is 19.7 Å². The predicted molar refractivity (Wildman–Crippen MR) is 218 cm³/mol. The van der Waals surface area contributed by atoms with Crippen LogP contribution in [0.4, 0.5) is 0 Å². The summed E-state index contributed by atoms with van der Waals surface area (Å²) in [4.78, 5) is 24.1. The van der Waals surface area contributed by atoms with Gasteiger partial charge in [0.2, 0.25) is 0 Å². The molecular weight excluding hydrogens is 673 g/mol. The zero-order valence-corrected chi connectivity index (χ0v) is 31.9. The molecule has 0 atom stereocenters. The number of rotatable bonds is 20. The Bertz CT molecular complexity index is 1790. The van der Waals surface area contributed by atoms with Gasteiger partial charge in [0.1, 0.15) is 11.5 Å². The minimum atomic E-state index is -0.645. The van der Waals surface area contributed by atoms with Crippen LogP contribution in [0.15, 0.2) is 109 Å². The zero-order chi connectivity index (χ0) is 38.7. The zero-order valence-electron chi connectivity index (χ0n) is 31.9. The number of aryl methyl sites for hydroxylation is 2. The molecule has 0 aliphatic rings. The molecule has 54 heavy (non-hydrogen) atoms. The topological polar surface area (TPSA) is 93.1 Å². The van der Waals surface area contributed by atoms with Crippen LogP contribution in [0.1, 0.15) is 100 Å². The maximum absolute atomic E-state index is 12.1. The van der Waals surface area contributed by atoms with Crippen LogP contribution in [0.25, 0.3) is 22.3 Å². The summed E-state index contributed by atoms with van der Waals surface area (Å²) in [5.41, 5.74) is 8.64. The van der Waals surface area contributed by atoms with E-state index < -0.39 is 25.2 Å². The molecule has 0 aliphatic carbocycles. The minimum Gasteiger partial charge on any atom is -0.423 e. The maximum Gasteiger partial charge on any atom is 0.341 e. The van der Waals surface area contributed by atoms with Crippen molar-refractivity contribution >= 4 is 11.9 Å². The van der Waals surface area contributed by atoms with Gasteiger partial charge in [-0.1, -0.05) is 127 Å². The lowest BCUT2D eigenvalue weighted by atomic mass is 9.94. The van der Waals surface area contributed by atoms with E-state index in [1.807, 2.05) is 24.3 Å². The van der Waals surface area contributed by atoms with E-state index in [9.17, 15) is 19.8 Å². The van der Waals surface area contributed by atoms with Gasteiger partial charge in [0.15, 0.2) is 0 Å². The Labute approximate surface area is 321 Å². The highest BCUT2D eigenvalue weighted by molar-refractivity contribution is 5.90. The predicted octanol–water partition coefficient (Wildman–Crippen LogP) is 10.4. The first kappa shape index (κ1) is 41.5. The first-order valence-electron chi connectivity index (χ1n) is 19.3. The first-order chi connectivity index (χ1) is 26.3. The van der Waals surface area contributed by atoms with Gasteiger partial charge >= 0.3 is 11.9 Å². The molecule has 0 radical (unpaired) electrons. The molecule has 0 aliphatic heterocycles. The molecule has 0 spiro atoms. The van der Waals surface area contributed by atoms with E-state index in [2.05, 4.69) is 75.2 Å². The van der Waals surface area contributed by atoms with Gasteiger partial charge in [-0.3, -0.25) is 0 Å². The van der Waals surface area contributed by atoms with Crippen molar-refractivity contribution in [2.75, 3.05) is 13.2 Å². The number of ether oxygens (including phenoxy) is 2. The highest BCUT2D eigenvalue weighted by Crippen LogP contribution is 2.28. The van der Waals surface area contributed by atoms with Crippen molar-refractivity contribution in [2.24, 2.45) is 0 Å². The van der Waals surface area contributed by atoms with Gasteiger partial charge in [-0.05, 0) is 108 Å². The lowest BCUT2D eigenvalue weighted by molar-refractivity contribution is -0.131. The second kappa shape index (κ2) is 22.1. The summed E-state index contributed by atoms with van der Waals surface area (Å²) in [5.74, 6) is 6.60. The molecule has 0 saturated heterocycles. The number of unbranched alkanes of at least 4 members (excludes halogenated alkanes) is 8. The van der Waals surface area contributed by atoms with E-state index in [4.69, 9.17) is 9.47 Å². The smallest absolute Gasteiger partial charge is 0.341 e. The lowest BCUT2D eigenvalue weighted by Crippen LogP contribution is -2.12. The quantitative estimate of drug-likeness (QED) is 0.0310. The molecule has 4 aromatic rings. The van der Waals surface area contributed by atoms with Crippen molar-refractivity contribution in [3.8, 4) is 45.6 Å². The number of benzene rings is 4. The van der Waals surface area contributed by atoms with Crippen LogP contribution in [0.5, 0.6) is 11.5 Å². The summed E-state index contributed by atoms with van der Waals surface area (Å²) in [6.07, 6.45) is 13.7. The molecule has 0 bridgehead atoms. The molecule has 2 N–H and O–H groups in total. The van der Waals surface area contributed by atoms with Crippen molar-refractivity contribution in [1.29, 1.82) is 0 Å². The summed E-state index contributed by atoms with van der Waals surface area (Å²) < 4.78 is 10.7. The van der Waals surface area contributed by atoms with E-state index in [-0.39, 0.29) is 11.1 Å². The fraction of sp³-hybridized carbons (Fsp3) is 0.333. The Morgan fingerprint density at radius 2 is 0.870 bits per heavy atom. The molecule has 0 saturated carbocycles. The molecule has 0 fully saturated rings. The average molecular weight is 727 g/mol. The van der Waals surface area contributed by atoms with Crippen molar-refractivity contribution in [3.63, 3.8) is 0 Å². The number of aliphatic hydroxyl groups is 2. The third-order valence-electron chi connectivity index (χ3n) is 9.40. The summed E-state index contributed by atoms with van der Waals surface area (Å²) in [6.45, 7) is 10.6. The SMILES string of the molecule is C=C(CO)C(=O)Oc1ccc(-c2ccc(C#Cc3ccc(-c4ccc(OC(=O)C(=C)CO)cc4)cc3CCCCCCC)c(CCCCCCC)c2)cc1. The van der Waals surface area contributed by atoms with Crippen LogP contribution in [-0.4, -0.2) is 35.4 Å². The van der Waals surface area contributed by atoms with Crippen molar-refractivity contribution < 1.29 is 29.3 Å². The number of aliphatic hydroxyl groups excluding tert-OH is 2. The van der Waals surface area contributed by atoms with Crippen LogP contribution in [-0.2, 0) is 22.4 Å². The van der Waals surface area contributed by atoms with Crippen LogP contribution >= 0.6 is 0 Å². The summed E-state index contributed by atoms with van der Waals surface area (Å²) >= 11 is 0. The van der Waals surface area contributed by atoms with Gasteiger partial charge in [-0.15, -0.1) is 0 Å². The normalized spacial score (nSPS) is 10.7. The highest BCUT2D eigenvalue weighted by atomic mass is 16.5. The monoisotopic (exact) mass is 726 g/mol. The van der Waals surface area contributed by atoms with E-state index >= 15 is 0 Å². The number of hydrogen-bond donors (Lipinski definition) is 2. The third kappa shape index (κ3) is 12.7. The molecule has 0 amide bonds. The summed E-state index contributed by atoms with van der Waals surface area (Å²) in [7, 11) is 0. The van der Waals surface area contributed by atoms with Crippen molar-refractivity contribution in [3.05, 3.63) is 131 Å². The standard InChI is InChI=1S/C48H54O6/c1-5-7-9-11-13-15-41-31-43(39-23-27-45(28-24-39)53-47(51)35(3)33-49)21-19-37(41)17-18-38-20-22-44(32-42(38)16-14-12-10-8-6-2)40-25-29-46(30-26-40)54-48(52)36(4)34-50/h19-32,49-50H,3-16,33-34H2,1-2H3. The molecule has 4 aromatic carbocycles. The van der Waals surface area contributed by atoms with E-state index in [1.54, 1.807) is 24.3 Å². The van der Waals surface area contributed by atoms with Gasteiger partial charge in [0.25, 0.3) is 0 Å². The van der Waals surface area contributed by atoms with Gasteiger partial charge in [0, 0.05) is 11.1 Å². The molecule has 6 nitrogen and oxygen atoms in total. The molecule has 0 unspecified atom stereocenters. The van der Waals surface area contributed by atoms with Gasteiger partial charge in [-0.2, -0.15) is 0 Å². The number of carbonyl (C=O) groups excluding carboxylic acids is 2. The van der Waals surface area contributed by atoms with Gasteiger partial charge in [0.05, 0.1) is 24.4 Å². The fourth-order valence-corrected chi connectivity index (χ4v) is 6.10. The van der Waals surface area contributed by atoms with Crippen molar-refractivity contribution in [1.82, 2.24) is 0 Å². The molecule has 6 heteroatoms. The lowest BCUT2D eigenvalue weighted by Gasteiger charge is -2.11. The average Bonchev–Trinajstić information content (AvgIpc) is 3.20. The Morgan fingerprint density at radius 1 is 0.519 bits per heavy atom. The second-order valence-electron chi connectivity index (χ2n) is 13.7. The van der Waals surface area contributed by atoms with Crippen LogP contribution in [0.3, 0.4) is 0 Å². The molecule has 4 rings (SSSR count). The first-order valence-corrected chi connectivity index (χ1v) is 19.3. The Hall–Kier alpha value is -5.22. The van der Waals surface area contributed by atoms with Crippen LogP contribution in [0.2, 0.25) is 0 Å². The maximum atomic E-state index is 12.1. The number of hydrogen-bond acceptors (Lipinski definition) is 6. The van der Waals surface area contributed by atoms with E-state index in [1.165, 1.54) is 62.5 Å². The minimum absolute atomic E-state index is 0.00775. The van der Waals surface area contributed by atoms with Crippen molar-refractivity contribution in [2.45, 2.75) is 90.9 Å². The van der Waals surface area contributed by atoms with E-state index in [0.29, 0.717) is 11.5 Å². The van der Waals surface area contributed by atoms with Gasteiger partial charge in [-0.25, -0.2) is 9.59 Å². The van der Waals surface area contributed by atoms with Crippen LogP contribution in [0, 0.1) is 11.8 Å². The fourth-order valence-electron chi connectivity index (χ4n) is 6.10. The molecule has 0 heterocycles. The molecule has 282 valence electrons.